The lowest BCUT2D eigenvalue weighted by atomic mass is 9.92. The average molecular weight is 465 g/mol. The van der Waals surface area contributed by atoms with E-state index >= 15 is 0 Å². The number of imidazole rings is 1. The number of nitrogens with one attached hydrogen (secondary N) is 3. The Kier molecular flexibility index (Phi) is 6.81. The van der Waals surface area contributed by atoms with Crippen LogP contribution in [0.2, 0.25) is 0 Å². The molecule has 0 saturated carbocycles. The number of anilines is 1. The van der Waals surface area contributed by atoms with Gasteiger partial charge in [0.1, 0.15) is 12.4 Å². The highest BCUT2D eigenvalue weighted by Crippen LogP contribution is 2.35. The molecule has 1 fully saturated rings. The normalized spacial score (nSPS) is 19.9. The van der Waals surface area contributed by atoms with Gasteiger partial charge in [-0.1, -0.05) is 6.92 Å². The maximum absolute atomic E-state index is 13.5. The Morgan fingerprint density at radius 1 is 1.26 bits per heavy atom. The fraction of sp³-hybridized carbons (Fsp3) is 0.348. The highest BCUT2D eigenvalue weighted by Gasteiger charge is 2.35. The number of nitriles is 1. The van der Waals surface area contributed by atoms with Crippen LogP contribution in [0.15, 0.2) is 36.5 Å². The van der Waals surface area contributed by atoms with Gasteiger partial charge >= 0.3 is 0 Å². The lowest BCUT2D eigenvalue weighted by Crippen LogP contribution is -2.45. The molecular formula is C23H24FN7O3. The highest BCUT2D eigenvalue weighted by molar-refractivity contribution is 5.77. The third kappa shape index (κ3) is 5.36. The van der Waals surface area contributed by atoms with E-state index in [4.69, 9.17) is 19.7 Å². The molecule has 34 heavy (non-hydrogen) atoms. The zero-order chi connectivity index (χ0) is 24.1. The first-order valence-electron chi connectivity index (χ1n) is 10.6. The van der Waals surface area contributed by atoms with Crippen molar-refractivity contribution in [3.05, 3.63) is 48.2 Å². The molecule has 11 heteroatoms. The first-order chi connectivity index (χ1) is 16.4. The van der Waals surface area contributed by atoms with Gasteiger partial charge in [-0.05, 0) is 30.3 Å². The molecule has 0 unspecified atom stereocenters. The van der Waals surface area contributed by atoms with Crippen molar-refractivity contribution in [2.24, 2.45) is 5.41 Å². The number of nitrogens with zero attached hydrogens (tertiary/aromatic N) is 4. The first-order valence-corrected chi connectivity index (χ1v) is 10.6. The van der Waals surface area contributed by atoms with Crippen LogP contribution in [-0.4, -0.2) is 52.1 Å². The molecule has 1 aromatic carbocycles. The van der Waals surface area contributed by atoms with Crippen molar-refractivity contribution >= 4 is 11.9 Å². The molecule has 1 saturated heterocycles. The Morgan fingerprint density at radius 2 is 2.00 bits per heavy atom. The molecule has 3 heterocycles. The Hall–Kier alpha value is -3.88. The van der Waals surface area contributed by atoms with E-state index in [-0.39, 0.29) is 23.7 Å². The van der Waals surface area contributed by atoms with E-state index in [1.165, 1.54) is 19.1 Å². The van der Waals surface area contributed by atoms with Crippen LogP contribution < -0.4 is 10.6 Å². The zero-order valence-corrected chi connectivity index (χ0v) is 18.8. The monoisotopic (exact) mass is 465 g/mol. The minimum absolute atomic E-state index is 0.0590. The number of benzene rings is 1. The summed E-state index contributed by atoms with van der Waals surface area (Å²) >= 11 is 0. The van der Waals surface area contributed by atoms with E-state index in [0.717, 1.165) is 0 Å². The fourth-order valence-electron chi connectivity index (χ4n) is 3.45. The number of H-pyrrole nitrogens is 1. The van der Waals surface area contributed by atoms with Crippen LogP contribution in [0.4, 0.5) is 10.3 Å². The summed E-state index contributed by atoms with van der Waals surface area (Å²) in [6.45, 7) is 4.63. The molecular weight excluding hydrogens is 441 g/mol. The number of halogens is 1. The standard InChI is InChI=1S/C23H24FN7O3/c1-14(32)28-11-23(2)12-33-21(34-13-23)20-30-18(15-3-5-16(24)6-4-15)19(31-20)17-7-9-26-22(29-17)27-10-8-25/h3-7,9,21H,10-13H2,1-2H3,(H,28,32)(H,30,31)(H,26,27,29). The number of carbonyl (C=O) groups is 1. The average Bonchev–Trinajstić information content (AvgIpc) is 3.28. The van der Waals surface area contributed by atoms with Crippen molar-refractivity contribution in [2.45, 2.75) is 20.1 Å². The summed E-state index contributed by atoms with van der Waals surface area (Å²) in [5.74, 6) is 0.250. The third-order valence-electron chi connectivity index (χ3n) is 5.23. The van der Waals surface area contributed by atoms with Gasteiger partial charge in [0.25, 0.3) is 0 Å². The number of aromatic nitrogens is 4. The summed E-state index contributed by atoms with van der Waals surface area (Å²) in [6, 6.07) is 9.65. The minimum Gasteiger partial charge on any atom is -0.356 e. The molecule has 176 valence electrons. The Labute approximate surface area is 195 Å². The summed E-state index contributed by atoms with van der Waals surface area (Å²) in [5, 5.41) is 14.4. The van der Waals surface area contributed by atoms with Gasteiger partial charge in [0.05, 0.1) is 36.4 Å². The van der Waals surface area contributed by atoms with E-state index in [1.54, 1.807) is 24.4 Å². The largest absolute Gasteiger partial charge is 0.356 e. The highest BCUT2D eigenvalue weighted by atomic mass is 19.1. The SMILES string of the molecule is CC(=O)NCC1(C)COC(c2nc(-c3ccc(F)cc3)c(-c3ccnc(NCC#N)n3)[nH]2)OC1. The van der Waals surface area contributed by atoms with Crippen molar-refractivity contribution in [3.8, 4) is 28.7 Å². The minimum atomic E-state index is -0.753. The number of rotatable bonds is 7. The molecule has 10 nitrogen and oxygen atoms in total. The molecule has 1 amide bonds. The number of hydrogen-bond acceptors (Lipinski definition) is 8. The second kappa shape index (κ2) is 9.94. The Morgan fingerprint density at radius 3 is 2.68 bits per heavy atom. The lowest BCUT2D eigenvalue weighted by molar-refractivity contribution is -0.232. The molecule has 0 spiro atoms. The van der Waals surface area contributed by atoms with Crippen LogP contribution in [0.25, 0.3) is 22.6 Å². The molecule has 0 bridgehead atoms. The summed E-state index contributed by atoms with van der Waals surface area (Å²) in [7, 11) is 0. The molecule has 3 N–H and O–H groups in total. The molecule has 4 rings (SSSR count). The number of amides is 1. The van der Waals surface area contributed by atoms with Crippen molar-refractivity contribution in [1.29, 1.82) is 5.26 Å². The molecule has 0 atom stereocenters. The van der Waals surface area contributed by atoms with Crippen LogP contribution in [0, 0.1) is 22.6 Å². The number of aromatic amines is 1. The maximum Gasteiger partial charge on any atom is 0.224 e. The molecule has 1 aliphatic heterocycles. The van der Waals surface area contributed by atoms with Gasteiger partial charge in [-0.15, -0.1) is 0 Å². The van der Waals surface area contributed by atoms with Gasteiger partial charge in [-0.2, -0.15) is 5.26 Å². The smallest absolute Gasteiger partial charge is 0.224 e. The van der Waals surface area contributed by atoms with Gasteiger partial charge in [0.2, 0.25) is 18.1 Å². The van der Waals surface area contributed by atoms with Crippen molar-refractivity contribution in [3.63, 3.8) is 0 Å². The van der Waals surface area contributed by atoms with E-state index < -0.39 is 6.29 Å². The molecule has 2 aromatic heterocycles. The molecule has 0 aliphatic carbocycles. The van der Waals surface area contributed by atoms with Gasteiger partial charge in [0.15, 0.2) is 5.82 Å². The van der Waals surface area contributed by atoms with Crippen LogP contribution >= 0.6 is 0 Å². The van der Waals surface area contributed by atoms with E-state index in [1.807, 2.05) is 13.0 Å². The topological polar surface area (TPSA) is 138 Å². The van der Waals surface area contributed by atoms with Gasteiger partial charge in [-0.25, -0.2) is 19.3 Å². The van der Waals surface area contributed by atoms with Gasteiger partial charge in [-0.3, -0.25) is 4.79 Å². The summed E-state index contributed by atoms with van der Waals surface area (Å²) < 4.78 is 25.4. The van der Waals surface area contributed by atoms with Gasteiger partial charge in [0, 0.05) is 30.6 Å². The summed E-state index contributed by atoms with van der Waals surface area (Å²) in [4.78, 5) is 27.8. The summed E-state index contributed by atoms with van der Waals surface area (Å²) in [6.07, 6.45) is 0.814. The van der Waals surface area contributed by atoms with Crippen LogP contribution in [0.1, 0.15) is 26.0 Å². The van der Waals surface area contributed by atoms with Crippen molar-refractivity contribution in [1.82, 2.24) is 25.3 Å². The number of ether oxygens (including phenoxy) is 2. The fourth-order valence-corrected chi connectivity index (χ4v) is 3.45. The predicted octanol–water partition coefficient (Wildman–Crippen LogP) is 2.80. The predicted molar refractivity (Wildman–Crippen MR) is 121 cm³/mol. The van der Waals surface area contributed by atoms with Crippen molar-refractivity contribution < 1.29 is 18.7 Å². The molecule has 0 radical (unpaired) electrons. The zero-order valence-electron chi connectivity index (χ0n) is 18.8. The van der Waals surface area contributed by atoms with E-state index in [2.05, 4.69) is 25.6 Å². The first kappa shape index (κ1) is 23.3. The van der Waals surface area contributed by atoms with E-state index in [9.17, 15) is 9.18 Å². The maximum atomic E-state index is 13.5. The van der Waals surface area contributed by atoms with Crippen molar-refractivity contribution in [2.75, 3.05) is 31.6 Å². The second-order valence-electron chi connectivity index (χ2n) is 8.30. The number of hydrogen-bond donors (Lipinski definition) is 3. The van der Waals surface area contributed by atoms with Crippen LogP contribution in [0.3, 0.4) is 0 Å². The van der Waals surface area contributed by atoms with Crippen LogP contribution in [0.5, 0.6) is 0 Å². The Balaban J connectivity index is 1.64. The second-order valence-corrected chi connectivity index (χ2v) is 8.30. The van der Waals surface area contributed by atoms with E-state index in [0.29, 0.717) is 54.2 Å². The third-order valence-corrected chi connectivity index (χ3v) is 5.23. The van der Waals surface area contributed by atoms with Gasteiger partial charge < -0.3 is 25.1 Å². The molecule has 1 aliphatic rings. The molecule has 3 aromatic rings. The van der Waals surface area contributed by atoms with Crippen LogP contribution in [-0.2, 0) is 14.3 Å². The quantitative estimate of drug-likeness (QED) is 0.453. The Bertz CT molecular complexity index is 1200. The lowest BCUT2D eigenvalue weighted by Gasteiger charge is -2.36. The summed E-state index contributed by atoms with van der Waals surface area (Å²) in [5.41, 5.74) is 1.95. The number of carbonyl (C=O) groups excluding carboxylic acids is 1.